The molecule has 1 aliphatic rings. The fourth-order valence-electron chi connectivity index (χ4n) is 2.94. The smallest absolute Gasteiger partial charge is 0.0609 e. The first-order valence-corrected chi connectivity index (χ1v) is 6.51. The second-order valence-electron chi connectivity index (χ2n) is 6.08. The summed E-state index contributed by atoms with van der Waals surface area (Å²) in [5, 5.41) is 9.21. The Balaban J connectivity index is 2.50. The molecule has 0 aromatic rings. The Bertz CT molecular complexity index is 218. The van der Waals surface area contributed by atoms with Crippen LogP contribution in [0.25, 0.3) is 0 Å². The summed E-state index contributed by atoms with van der Waals surface area (Å²) in [5.41, 5.74) is 5.58. The molecule has 0 bridgehead atoms. The first kappa shape index (κ1) is 13.9. The van der Waals surface area contributed by atoms with Crippen LogP contribution in [0, 0.1) is 5.92 Å². The summed E-state index contributed by atoms with van der Waals surface area (Å²) in [4.78, 5) is 2.54. The molecule has 4 unspecified atom stereocenters. The minimum Gasteiger partial charge on any atom is -0.394 e. The first-order valence-electron chi connectivity index (χ1n) is 6.51. The number of hydrogen-bond acceptors (Lipinski definition) is 3. The van der Waals surface area contributed by atoms with Crippen molar-refractivity contribution in [3.63, 3.8) is 0 Å². The fraction of sp³-hybridized carbons (Fsp3) is 1.00. The van der Waals surface area contributed by atoms with Crippen LogP contribution in [0.1, 0.15) is 47.0 Å². The Morgan fingerprint density at radius 3 is 2.62 bits per heavy atom. The summed E-state index contributed by atoms with van der Waals surface area (Å²) >= 11 is 0. The summed E-state index contributed by atoms with van der Waals surface area (Å²) in [6.45, 7) is 10.0. The van der Waals surface area contributed by atoms with Crippen molar-refractivity contribution in [3.05, 3.63) is 0 Å². The van der Waals surface area contributed by atoms with Crippen LogP contribution in [0.15, 0.2) is 0 Å². The number of aliphatic hydroxyl groups excluding tert-OH is 1. The summed E-state index contributed by atoms with van der Waals surface area (Å²) < 4.78 is 0. The highest BCUT2D eigenvalue weighted by atomic mass is 16.3. The predicted molar refractivity (Wildman–Crippen MR) is 68.3 cm³/mol. The second kappa shape index (κ2) is 5.48. The molecule has 0 aromatic carbocycles. The molecule has 3 heteroatoms. The number of nitrogens with two attached hydrogens (primary N) is 1. The van der Waals surface area contributed by atoms with Crippen LogP contribution in [0.2, 0.25) is 0 Å². The van der Waals surface area contributed by atoms with Crippen LogP contribution in [-0.2, 0) is 0 Å². The number of aliphatic hydroxyl groups is 1. The van der Waals surface area contributed by atoms with E-state index in [9.17, 15) is 5.11 Å². The van der Waals surface area contributed by atoms with E-state index in [1.807, 2.05) is 6.92 Å². The van der Waals surface area contributed by atoms with E-state index >= 15 is 0 Å². The topological polar surface area (TPSA) is 49.5 Å². The van der Waals surface area contributed by atoms with Crippen molar-refractivity contribution in [1.29, 1.82) is 0 Å². The number of rotatable bonds is 4. The van der Waals surface area contributed by atoms with E-state index in [-0.39, 0.29) is 6.61 Å². The highest BCUT2D eigenvalue weighted by molar-refractivity contribution is 4.87. The quantitative estimate of drug-likeness (QED) is 0.768. The molecule has 1 saturated heterocycles. The van der Waals surface area contributed by atoms with E-state index in [1.165, 1.54) is 19.4 Å². The predicted octanol–water partition coefficient (Wildman–Crippen LogP) is 1.60. The lowest BCUT2D eigenvalue weighted by molar-refractivity contribution is 0.0658. The van der Waals surface area contributed by atoms with E-state index in [1.54, 1.807) is 0 Å². The zero-order valence-corrected chi connectivity index (χ0v) is 11.2. The van der Waals surface area contributed by atoms with E-state index < -0.39 is 5.54 Å². The molecular formula is C13H28N2O. The largest absolute Gasteiger partial charge is 0.394 e. The highest BCUT2D eigenvalue weighted by Crippen LogP contribution is 2.26. The number of likely N-dealkylation sites (tertiary alicyclic amines) is 1. The van der Waals surface area contributed by atoms with Gasteiger partial charge in [0.25, 0.3) is 0 Å². The standard InChI is InChI=1S/C13H28N2O/c1-10-5-6-15(11(2)7-10)12(3)8-13(4,14)9-16/h10-12,16H,5-9,14H2,1-4H3. The van der Waals surface area contributed by atoms with Crippen molar-refractivity contribution < 1.29 is 5.11 Å². The maximum atomic E-state index is 9.21. The van der Waals surface area contributed by atoms with Crippen LogP contribution in [0.5, 0.6) is 0 Å². The lowest BCUT2D eigenvalue weighted by Crippen LogP contribution is -2.51. The van der Waals surface area contributed by atoms with Crippen LogP contribution in [0.3, 0.4) is 0 Å². The van der Waals surface area contributed by atoms with E-state index in [0.717, 1.165) is 12.3 Å². The van der Waals surface area contributed by atoms with Crippen molar-refractivity contribution >= 4 is 0 Å². The Labute approximate surface area is 100 Å². The number of hydrogen-bond donors (Lipinski definition) is 2. The van der Waals surface area contributed by atoms with Gasteiger partial charge in [0, 0.05) is 17.6 Å². The second-order valence-corrected chi connectivity index (χ2v) is 6.08. The molecule has 0 amide bonds. The van der Waals surface area contributed by atoms with Gasteiger partial charge in [0.05, 0.1) is 6.61 Å². The monoisotopic (exact) mass is 228 g/mol. The molecule has 16 heavy (non-hydrogen) atoms. The lowest BCUT2D eigenvalue weighted by atomic mass is 9.89. The minimum absolute atomic E-state index is 0.0654. The van der Waals surface area contributed by atoms with Crippen LogP contribution >= 0.6 is 0 Å². The number of piperidine rings is 1. The summed E-state index contributed by atoms with van der Waals surface area (Å²) in [6.07, 6.45) is 3.43. The molecule has 0 aliphatic carbocycles. The third-order valence-electron chi connectivity index (χ3n) is 3.88. The molecular weight excluding hydrogens is 200 g/mol. The minimum atomic E-state index is -0.442. The molecule has 1 rings (SSSR count). The van der Waals surface area contributed by atoms with Gasteiger partial charge in [-0.05, 0) is 52.5 Å². The molecule has 0 aromatic heterocycles. The van der Waals surface area contributed by atoms with Gasteiger partial charge in [-0.25, -0.2) is 0 Å². The van der Waals surface area contributed by atoms with Crippen molar-refractivity contribution in [1.82, 2.24) is 4.90 Å². The van der Waals surface area contributed by atoms with Gasteiger partial charge in [0.15, 0.2) is 0 Å². The summed E-state index contributed by atoms with van der Waals surface area (Å²) in [5.74, 6) is 0.848. The SMILES string of the molecule is CC1CCN(C(C)CC(C)(N)CO)C(C)C1. The molecule has 0 radical (unpaired) electrons. The zero-order valence-electron chi connectivity index (χ0n) is 11.2. The molecule has 1 fully saturated rings. The first-order chi connectivity index (χ1) is 7.35. The average Bonchev–Trinajstić information content (AvgIpc) is 2.16. The molecule has 0 saturated carbocycles. The van der Waals surface area contributed by atoms with Crippen LogP contribution in [-0.4, -0.2) is 40.8 Å². The van der Waals surface area contributed by atoms with Gasteiger partial charge >= 0.3 is 0 Å². The van der Waals surface area contributed by atoms with Gasteiger partial charge in [-0.1, -0.05) is 6.92 Å². The lowest BCUT2D eigenvalue weighted by Gasteiger charge is -2.42. The molecule has 3 nitrogen and oxygen atoms in total. The van der Waals surface area contributed by atoms with Crippen LogP contribution < -0.4 is 5.73 Å². The molecule has 0 spiro atoms. The van der Waals surface area contributed by atoms with E-state index in [2.05, 4.69) is 25.7 Å². The Kier molecular flexibility index (Phi) is 4.77. The van der Waals surface area contributed by atoms with Crippen LogP contribution in [0.4, 0.5) is 0 Å². The molecule has 4 atom stereocenters. The Morgan fingerprint density at radius 2 is 2.12 bits per heavy atom. The zero-order chi connectivity index (χ0) is 12.3. The van der Waals surface area contributed by atoms with Gasteiger partial charge in [0.2, 0.25) is 0 Å². The van der Waals surface area contributed by atoms with Gasteiger partial charge in [-0.15, -0.1) is 0 Å². The van der Waals surface area contributed by atoms with Crippen molar-refractivity contribution in [2.45, 2.75) is 64.6 Å². The molecule has 1 aliphatic heterocycles. The fourth-order valence-corrected chi connectivity index (χ4v) is 2.94. The third-order valence-corrected chi connectivity index (χ3v) is 3.88. The summed E-state index contributed by atoms with van der Waals surface area (Å²) in [7, 11) is 0. The van der Waals surface area contributed by atoms with E-state index in [0.29, 0.717) is 12.1 Å². The Morgan fingerprint density at radius 1 is 1.50 bits per heavy atom. The molecule has 3 N–H and O–H groups in total. The third kappa shape index (κ3) is 3.72. The maximum absolute atomic E-state index is 9.21. The molecule has 96 valence electrons. The van der Waals surface area contributed by atoms with Gasteiger partial charge in [-0.3, -0.25) is 4.90 Å². The normalized spacial score (nSPS) is 33.4. The molecule has 1 heterocycles. The van der Waals surface area contributed by atoms with Gasteiger partial charge in [-0.2, -0.15) is 0 Å². The van der Waals surface area contributed by atoms with E-state index in [4.69, 9.17) is 5.73 Å². The number of nitrogens with zero attached hydrogens (tertiary/aromatic N) is 1. The van der Waals surface area contributed by atoms with Crippen molar-refractivity contribution in [3.8, 4) is 0 Å². The van der Waals surface area contributed by atoms with Gasteiger partial charge < -0.3 is 10.8 Å². The van der Waals surface area contributed by atoms with Crippen molar-refractivity contribution in [2.75, 3.05) is 13.2 Å². The van der Waals surface area contributed by atoms with Crippen molar-refractivity contribution in [2.24, 2.45) is 11.7 Å². The average molecular weight is 228 g/mol. The maximum Gasteiger partial charge on any atom is 0.0609 e. The highest BCUT2D eigenvalue weighted by Gasteiger charge is 2.30. The van der Waals surface area contributed by atoms with Gasteiger partial charge in [0.1, 0.15) is 0 Å². The Hall–Kier alpha value is -0.120. The summed E-state index contributed by atoms with van der Waals surface area (Å²) in [6, 6.07) is 1.11.